The van der Waals surface area contributed by atoms with Crippen molar-refractivity contribution < 1.29 is 0 Å². The van der Waals surface area contributed by atoms with Crippen molar-refractivity contribution in [2.45, 2.75) is 168 Å². The fourth-order valence-corrected chi connectivity index (χ4v) is 4.62. The molecule has 4 N–H and O–H groups in total. The van der Waals surface area contributed by atoms with Crippen molar-refractivity contribution in [3.05, 3.63) is 12.2 Å². The van der Waals surface area contributed by atoms with Gasteiger partial charge in [-0.2, -0.15) is 0 Å². The van der Waals surface area contributed by atoms with Crippen molar-refractivity contribution in [2.75, 3.05) is 26.2 Å². The summed E-state index contributed by atoms with van der Waals surface area (Å²) in [6.07, 6.45) is 19.3. The number of hydrogen-bond donors (Lipinski definition) is 4. The zero-order chi connectivity index (χ0) is 27.6. The summed E-state index contributed by atoms with van der Waals surface area (Å²) in [5.41, 5.74) is 1.07. The van der Waals surface area contributed by atoms with Gasteiger partial charge in [0.2, 0.25) is 0 Å². The van der Waals surface area contributed by atoms with Crippen LogP contribution in [0.1, 0.15) is 146 Å². The highest BCUT2D eigenvalue weighted by Crippen LogP contribution is 2.20. The molecule has 0 aliphatic carbocycles. The SMILES string of the molecule is CCC(C)(CC)NCCCCC(C)(CC)NC/C=C/CNC(C)(CC)CCCCNC(C)(CC)CC. The number of nitrogens with one attached hydrogen (secondary N) is 4. The molecule has 0 aliphatic heterocycles. The minimum Gasteiger partial charge on any atom is -0.312 e. The quantitative estimate of drug-likeness (QED) is 0.0795. The normalized spacial score (nSPS) is 16.4. The second-order valence-corrected chi connectivity index (χ2v) is 12.4. The summed E-state index contributed by atoms with van der Waals surface area (Å²) < 4.78 is 0. The van der Waals surface area contributed by atoms with E-state index in [2.05, 4.69) is 103 Å². The van der Waals surface area contributed by atoms with Crippen molar-refractivity contribution in [3.8, 4) is 0 Å². The van der Waals surface area contributed by atoms with Crippen LogP contribution in [0, 0.1) is 0 Å². The lowest BCUT2D eigenvalue weighted by molar-refractivity contribution is 0.301. The standard InChI is InChI=1S/C32H68N4/c1-11-29(7,12-2)33-25-19-17-23-31(9,15-5)35-27-21-22-28-36-32(10,16-6)24-18-20-26-34-30(8,13-3)14-4/h21-22,33-36H,11-20,23-28H2,1-10H3/b22-21+. The average molecular weight is 509 g/mol. The van der Waals surface area contributed by atoms with E-state index in [1.807, 2.05) is 0 Å². The Labute approximate surface area is 228 Å². The second-order valence-electron chi connectivity index (χ2n) is 12.4. The van der Waals surface area contributed by atoms with Crippen LogP contribution >= 0.6 is 0 Å². The first-order chi connectivity index (χ1) is 17.0. The molecule has 0 saturated heterocycles. The van der Waals surface area contributed by atoms with E-state index in [0.717, 1.165) is 26.2 Å². The first kappa shape index (κ1) is 35.6. The van der Waals surface area contributed by atoms with Crippen molar-refractivity contribution in [2.24, 2.45) is 0 Å². The molecule has 4 nitrogen and oxygen atoms in total. The molecule has 216 valence electrons. The summed E-state index contributed by atoms with van der Waals surface area (Å²) >= 11 is 0. The molecule has 0 amide bonds. The Bertz CT molecular complexity index is 504. The van der Waals surface area contributed by atoms with Crippen molar-refractivity contribution in [1.29, 1.82) is 0 Å². The highest BCUT2D eigenvalue weighted by molar-refractivity contribution is 4.93. The van der Waals surface area contributed by atoms with Crippen molar-refractivity contribution in [1.82, 2.24) is 21.3 Å². The highest BCUT2D eigenvalue weighted by atomic mass is 15.0. The Morgan fingerprint density at radius 3 is 1.00 bits per heavy atom. The molecule has 0 radical (unpaired) electrons. The molecular weight excluding hydrogens is 440 g/mol. The first-order valence-corrected chi connectivity index (χ1v) is 15.6. The van der Waals surface area contributed by atoms with Crippen molar-refractivity contribution >= 4 is 0 Å². The molecule has 0 aliphatic rings. The van der Waals surface area contributed by atoms with Crippen LogP contribution in [0.2, 0.25) is 0 Å². The largest absolute Gasteiger partial charge is 0.312 e. The minimum absolute atomic E-state index is 0.230. The van der Waals surface area contributed by atoms with Gasteiger partial charge in [0.05, 0.1) is 0 Å². The van der Waals surface area contributed by atoms with Crippen LogP contribution in [0.3, 0.4) is 0 Å². The molecule has 0 saturated carbocycles. The van der Waals surface area contributed by atoms with Crippen LogP contribution in [0.15, 0.2) is 12.2 Å². The molecule has 0 aromatic heterocycles. The van der Waals surface area contributed by atoms with E-state index in [0.29, 0.717) is 11.1 Å². The maximum absolute atomic E-state index is 3.81. The third-order valence-electron chi connectivity index (χ3n) is 9.56. The summed E-state index contributed by atoms with van der Waals surface area (Å²) in [6, 6.07) is 0. The summed E-state index contributed by atoms with van der Waals surface area (Å²) in [5.74, 6) is 0. The van der Waals surface area contributed by atoms with E-state index in [1.165, 1.54) is 77.0 Å². The van der Waals surface area contributed by atoms with Gasteiger partial charge in [-0.05, 0) is 105 Å². The molecule has 0 aromatic rings. The maximum atomic E-state index is 3.81. The monoisotopic (exact) mass is 509 g/mol. The lowest BCUT2D eigenvalue weighted by atomic mass is 9.91. The molecule has 0 fully saturated rings. The average Bonchev–Trinajstić information content (AvgIpc) is 2.89. The summed E-state index contributed by atoms with van der Waals surface area (Å²) in [5, 5.41) is 15.2. The molecule has 0 heterocycles. The van der Waals surface area contributed by atoms with Crippen LogP contribution in [0.4, 0.5) is 0 Å². The molecule has 2 unspecified atom stereocenters. The fourth-order valence-electron chi connectivity index (χ4n) is 4.62. The smallest absolute Gasteiger partial charge is 0.0153 e. The fraction of sp³-hybridized carbons (Fsp3) is 0.938. The zero-order valence-electron chi connectivity index (χ0n) is 26.5. The van der Waals surface area contributed by atoms with Crippen LogP contribution in [0.25, 0.3) is 0 Å². The Kier molecular flexibility index (Phi) is 18.5. The van der Waals surface area contributed by atoms with Gasteiger partial charge in [-0.1, -0.05) is 66.5 Å². The Morgan fingerprint density at radius 1 is 0.417 bits per heavy atom. The van der Waals surface area contributed by atoms with Gasteiger partial charge in [0.1, 0.15) is 0 Å². The molecule has 0 spiro atoms. The van der Waals surface area contributed by atoms with Gasteiger partial charge in [-0.15, -0.1) is 0 Å². The lowest BCUT2D eigenvalue weighted by Crippen LogP contribution is -2.43. The second kappa shape index (κ2) is 18.8. The van der Waals surface area contributed by atoms with Gasteiger partial charge in [0.25, 0.3) is 0 Å². The first-order valence-electron chi connectivity index (χ1n) is 15.6. The Morgan fingerprint density at radius 2 is 0.722 bits per heavy atom. The molecule has 0 rings (SSSR count). The summed E-state index contributed by atoms with van der Waals surface area (Å²) in [7, 11) is 0. The summed E-state index contributed by atoms with van der Waals surface area (Å²) in [4.78, 5) is 0. The molecule has 4 heteroatoms. The highest BCUT2D eigenvalue weighted by Gasteiger charge is 2.22. The van der Waals surface area contributed by atoms with Crippen LogP contribution < -0.4 is 21.3 Å². The molecule has 0 bridgehead atoms. The van der Waals surface area contributed by atoms with Gasteiger partial charge in [0, 0.05) is 35.2 Å². The van der Waals surface area contributed by atoms with E-state index in [-0.39, 0.29) is 11.1 Å². The Hall–Kier alpha value is -0.420. The number of unbranched alkanes of at least 4 members (excludes halogenated alkanes) is 2. The van der Waals surface area contributed by atoms with Gasteiger partial charge in [-0.3, -0.25) is 0 Å². The van der Waals surface area contributed by atoms with E-state index in [9.17, 15) is 0 Å². The topological polar surface area (TPSA) is 48.1 Å². The Balaban J connectivity index is 4.21. The number of rotatable bonds is 24. The number of hydrogen-bond acceptors (Lipinski definition) is 4. The van der Waals surface area contributed by atoms with Gasteiger partial charge in [-0.25, -0.2) is 0 Å². The maximum Gasteiger partial charge on any atom is 0.0153 e. The minimum atomic E-state index is 0.230. The van der Waals surface area contributed by atoms with Crippen LogP contribution in [0.5, 0.6) is 0 Å². The molecule has 2 atom stereocenters. The van der Waals surface area contributed by atoms with E-state index in [4.69, 9.17) is 0 Å². The lowest BCUT2D eigenvalue weighted by Gasteiger charge is -2.31. The third-order valence-corrected chi connectivity index (χ3v) is 9.56. The van der Waals surface area contributed by atoms with E-state index >= 15 is 0 Å². The zero-order valence-corrected chi connectivity index (χ0v) is 26.5. The van der Waals surface area contributed by atoms with Gasteiger partial charge in [0.15, 0.2) is 0 Å². The van der Waals surface area contributed by atoms with Gasteiger partial charge < -0.3 is 21.3 Å². The molecule has 0 aromatic carbocycles. The third kappa shape index (κ3) is 15.1. The predicted molar refractivity (Wildman–Crippen MR) is 164 cm³/mol. The van der Waals surface area contributed by atoms with E-state index < -0.39 is 0 Å². The van der Waals surface area contributed by atoms with Crippen LogP contribution in [-0.4, -0.2) is 48.3 Å². The molecule has 36 heavy (non-hydrogen) atoms. The van der Waals surface area contributed by atoms with Crippen molar-refractivity contribution in [3.63, 3.8) is 0 Å². The van der Waals surface area contributed by atoms with E-state index in [1.54, 1.807) is 0 Å². The molecular formula is C32H68N4. The predicted octanol–water partition coefficient (Wildman–Crippen LogP) is 7.74. The van der Waals surface area contributed by atoms with Gasteiger partial charge >= 0.3 is 0 Å². The summed E-state index contributed by atoms with van der Waals surface area (Å²) in [6.45, 7) is 27.4. The van der Waals surface area contributed by atoms with Crippen LogP contribution in [-0.2, 0) is 0 Å².